The minimum Gasteiger partial charge on any atom is -0.465 e. The maximum absolute atomic E-state index is 12.8. The van der Waals surface area contributed by atoms with Crippen LogP contribution in [0.15, 0.2) is 17.0 Å². The molecule has 0 aromatic heterocycles. The molecular weight excluding hydrogens is 236 g/mol. The van der Waals surface area contributed by atoms with Gasteiger partial charge in [-0.2, -0.15) is 5.26 Å². The molecule has 1 aromatic rings. The van der Waals surface area contributed by atoms with Gasteiger partial charge in [0.2, 0.25) is 0 Å². The first-order valence-electron chi connectivity index (χ1n) is 4.15. The molecule has 0 aliphatic carbocycles. The van der Waals surface area contributed by atoms with Crippen molar-refractivity contribution in [3.05, 3.63) is 28.8 Å². The summed E-state index contributed by atoms with van der Waals surface area (Å²) in [6.07, 6.45) is -2.93. The number of methoxy groups -OCH3 is 1. The Bertz CT molecular complexity index is 469. The van der Waals surface area contributed by atoms with E-state index in [9.17, 15) is 13.6 Å². The number of nitrogens with zero attached hydrogens (tertiary/aromatic N) is 1. The molecule has 0 saturated carbocycles. The van der Waals surface area contributed by atoms with Crippen LogP contribution in [-0.2, 0) is 4.74 Å². The number of esters is 1. The zero-order valence-electron chi connectivity index (χ0n) is 8.20. The molecule has 0 fully saturated rings. The average Bonchev–Trinajstić information content (AvgIpc) is 2.27. The van der Waals surface area contributed by atoms with E-state index in [1.165, 1.54) is 12.1 Å². The summed E-state index contributed by atoms with van der Waals surface area (Å²) in [5.74, 6) is -0.933. The van der Waals surface area contributed by atoms with Gasteiger partial charge in [-0.05, 0) is 12.1 Å². The van der Waals surface area contributed by atoms with Crippen LogP contribution in [-0.4, -0.2) is 13.1 Å². The molecule has 0 unspecified atom stereocenters. The van der Waals surface area contributed by atoms with Gasteiger partial charge in [-0.25, -0.2) is 13.6 Å². The van der Waals surface area contributed by atoms with Crippen molar-refractivity contribution >= 4 is 18.6 Å². The summed E-state index contributed by atoms with van der Waals surface area (Å²) >= 11 is 3.90. The van der Waals surface area contributed by atoms with E-state index in [1.54, 1.807) is 6.07 Å². The molecule has 0 aliphatic heterocycles. The van der Waals surface area contributed by atoms with E-state index in [1.807, 2.05) is 0 Å². The van der Waals surface area contributed by atoms with Gasteiger partial charge in [0, 0.05) is 4.90 Å². The lowest BCUT2D eigenvalue weighted by Gasteiger charge is -2.10. The van der Waals surface area contributed by atoms with Gasteiger partial charge in [0.05, 0.1) is 29.9 Å². The van der Waals surface area contributed by atoms with E-state index in [0.29, 0.717) is 0 Å². The second kappa shape index (κ2) is 4.94. The smallest absolute Gasteiger partial charge is 0.339 e. The van der Waals surface area contributed by atoms with Crippen LogP contribution in [0, 0.1) is 11.3 Å². The molecule has 0 N–H and O–H groups in total. The number of carbonyl (C=O) groups excluding carboxylic acids is 1. The molecule has 1 rings (SSSR count). The van der Waals surface area contributed by atoms with Crippen molar-refractivity contribution in [1.82, 2.24) is 0 Å². The zero-order valence-corrected chi connectivity index (χ0v) is 9.09. The van der Waals surface area contributed by atoms with Gasteiger partial charge in [0.25, 0.3) is 6.43 Å². The van der Waals surface area contributed by atoms with Crippen molar-refractivity contribution < 1.29 is 18.3 Å². The first kappa shape index (κ1) is 12.5. The highest BCUT2D eigenvalue weighted by atomic mass is 32.1. The van der Waals surface area contributed by atoms with Crippen LogP contribution in [0.25, 0.3) is 0 Å². The Morgan fingerprint density at radius 1 is 1.56 bits per heavy atom. The fourth-order valence-electron chi connectivity index (χ4n) is 1.25. The molecule has 16 heavy (non-hydrogen) atoms. The van der Waals surface area contributed by atoms with Gasteiger partial charge in [0.15, 0.2) is 0 Å². The standard InChI is InChI=1S/C10H7F2NO2S/c1-15-10(14)8-6(16)3-2-5(4-13)7(8)9(11)12/h2-3,9,16H,1H3. The molecule has 1 aromatic carbocycles. The lowest BCUT2D eigenvalue weighted by atomic mass is 10.0. The summed E-state index contributed by atoms with van der Waals surface area (Å²) in [6.45, 7) is 0. The largest absolute Gasteiger partial charge is 0.465 e. The van der Waals surface area contributed by atoms with Gasteiger partial charge in [0.1, 0.15) is 0 Å². The topological polar surface area (TPSA) is 50.1 Å². The average molecular weight is 243 g/mol. The van der Waals surface area contributed by atoms with Gasteiger partial charge in [-0.1, -0.05) is 0 Å². The van der Waals surface area contributed by atoms with Crippen LogP contribution in [0.4, 0.5) is 8.78 Å². The fourth-order valence-corrected chi connectivity index (χ4v) is 1.54. The van der Waals surface area contributed by atoms with E-state index in [2.05, 4.69) is 17.4 Å². The van der Waals surface area contributed by atoms with Crippen LogP contribution in [0.3, 0.4) is 0 Å². The highest BCUT2D eigenvalue weighted by Crippen LogP contribution is 2.31. The third kappa shape index (κ3) is 2.14. The van der Waals surface area contributed by atoms with E-state index in [-0.39, 0.29) is 16.0 Å². The third-order valence-corrected chi connectivity index (χ3v) is 2.32. The Labute approximate surface area is 96.0 Å². The molecule has 0 aliphatic rings. The zero-order chi connectivity index (χ0) is 12.3. The van der Waals surface area contributed by atoms with Crippen molar-refractivity contribution in [3.8, 4) is 6.07 Å². The molecule has 84 valence electrons. The number of carbonyl (C=O) groups is 1. The second-order valence-electron chi connectivity index (χ2n) is 2.83. The number of halogens is 2. The molecule has 0 saturated heterocycles. The van der Waals surface area contributed by atoms with Crippen molar-refractivity contribution in [2.45, 2.75) is 11.3 Å². The lowest BCUT2D eigenvalue weighted by Crippen LogP contribution is -2.09. The normalized spacial score (nSPS) is 10.0. The van der Waals surface area contributed by atoms with E-state index >= 15 is 0 Å². The number of ether oxygens (including phenoxy) is 1. The summed E-state index contributed by atoms with van der Waals surface area (Å²) < 4.78 is 29.9. The molecule has 6 heteroatoms. The highest BCUT2D eigenvalue weighted by Gasteiger charge is 2.25. The summed E-state index contributed by atoms with van der Waals surface area (Å²) in [5.41, 5.74) is -1.25. The van der Waals surface area contributed by atoms with E-state index < -0.39 is 18.0 Å². The lowest BCUT2D eigenvalue weighted by molar-refractivity contribution is 0.0584. The number of hydrogen-bond donors (Lipinski definition) is 1. The SMILES string of the molecule is COC(=O)c1c(S)ccc(C#N)c1C(F)F. The molecular formula is C10H7F2NO2S. The quantitative estimate of drug-likeness (QED) is 0.641. The van der Waals surface area contributed by atoms with Gasteiger partial charge in [-0.15, -0.1) is 12.6 Å². The fraction of sp³-hybridized carbons (Fsp3) is 0.200. The maximum Gasteiger partial charge on any atom is 0.339 e. The predicted octanol–water partition coefficient (Wildman–Crippen LogP) is 2.57. The van der Waals surface area contributed by atoms with E-state index in [0.717, 1.165) is 7.11 Å². The Kier molecular flexibility index (Phi) is 3.85. The van der Waals surface area contributed by atoms with E-state index in [4.69, 9.17) is 5.26 Å². The Morgan fingerprint density at radius 3 is 2.62 bits per heavy atom. The minimum absolute atomic E-state index is 0.0566. The predicted molar refractivity (Wildman–Crippen MR) is 54.7 cm³/mol. The Hall–Kier alpha value is -1.61. The van der Waals surface area contributed by atoms with Crippen LogP contribution in [0.2, 0.25) is 0 Å². The number of thiol groups is 1. The number of rotatable bonds is 2. The van der Waals surface area contributed by atoms with Crippen molar-refractivity contribution in [2.75, 3.05) is 7.11 Å². The monoisotopic (exact) mass is 243 g/mol. The molecule has 3 nitrogen and oxygen atoms in total. The number of benzene rings is 1. The molecule has 0 heterocycles. The van der Waals surface area contributed by atoms with Gasteiger partial charge in [-0.3, -0.25) is 0 Å². The third-order valence-electron chi connectivity index (χ3n) is 1.95. The minimum atomic E-state index is -2.93. The second-order valence-corrected chi connectivity index (χ2v) is 3.31. The Balaban J connectivity index is 3.56. The van der Waals surface area contributed by atoms with Crippen molar-refractivity contribution in [3.63, 3.8) is 0 Å². The Morgan fingerprint density at radius 2 is 2.19 bits per heavy atom. The van der Waals surface area contributed by atoms with Crippen molar-refractivity contribution in [2.24, 2.45) is 0 Å². The number of nitriles is 1. The molecule has 0 atom stereocenters. The molecule has 0 radical (unpaired) electrons. The number of hydrogen-bond acceptors (Lipinski definition) is 4. The van der Waals surface area contributed by atoms with Crippen LogP contribution >= 0.6 is 12.6 Å². The molecule has 0 amide bonds. The highest BCUT2D eigenvalue weighted by molar-refractivity contribution is 7.80. The maximum atomic E-state index is 12.8. The summed E-state index contributed by atoms with van der Waals surface area (Å²) in [7, 11) is 1.07. The summed E-state index contributed by atoms with van der Waals surface area (Å²) in [4.78, 5) is 11.4. The molecule has 0 bridgehead atoms. The van der Waals surface area contributed by atoms with Crippen LogP contribution < -0.4 is 0 Å². The van der Waals surface area contributed by atoms with Gasteiger partial charge >= 0.3 is 5.97 Å². The van der Waals surface area contributed by atoms with Crippen LogP contribution in [0.5, 0.6) is 0 Å². The first-order valence-corrected chi connectivity index (χ1v) is 4.60. The summed E-state index contributed by atoms with van der Waals surface area (Å²) in [6, 6.07) is 4.10. The first-order chi connectivity index (χ1) is 7.52. The van der Waals surface area contributed by atoms with Gasteiger partial charge < -0.3 is 4.74 Å². The number of alkyl halides is 2. The summed E-state index contributed by atoms with van der Waals surface area (Å²) in [5, 5.41) is 8.68. The molecule has 0 spiro atoms. The van der Waals surface area contributed by atoms with Crippen LogP contribution in [0.1, 0.15) is 27.9 Å². The van der Waals surface area contributed by atoms with Crippen molar-refractivity contribution in [1.29, 1.82) is 5.26 Å².